The third kappa shape index (κ3) is 3.48. The van der Waals surface area contributed by atoms with E-state index in [4.69, 9.17) is 15.7 Å². The molecule has 0 bridgehead atoms. The Labute approximate surface area is 111 Å². The summed E-state index contributed by atoms with van der Waals surface area (Å²) < 4.78 is 7.41. The lowest BCUT2D eigenvalue weighted by Gasteiger charge is -2.08. The molecule has 6 nitrogen and oxygen atoms in total. The summed E-state index contributed by atoms with van der Waals surface area (Å²) in [7, 11) is 0. The Balaban J connectivity index is 1.82. The van der Waals surface area contributed by atoms with E-state index in [9.17, 15) is 0 Å². The van der Waals surface area contributed by atoms with Crippen molar-refractivity contribution in [3.63, 3.8) is 0 Å². The van der Waals surface area contributed by atoms with Crippen molar-refractivity contribution in [2.24, 2.45) is 10.9 Å². The zero-order valence-electron chi connectivity index (χ0n) is 10.4. The van der Waals surface area contributed by atoms with E-state index in [0.717, 1.165) is 12.2 Å². The molecule has 0 saturated carbocycles. The van der Waals surface area contributed by atoms with Gasteiger partial charge < -0.3 is 20.2 Å². The molecule has 0 spiro atoms. The lowest BCUT2D eigenvalue weighted by Crippen LogP contribution is -2.20. The van der Waals surface area contributed by atoms with Crippen molar-refractivity contribution in [2.45, 2.75) is 13.0 Å². The van der Waals surface area contributed by atoms with Gasteiger partial charge in [-0.2, -0.15) is 0 Å². The van der Waals surface area contributed by atoms with E-state index < -0.39 is 0 Å². The number of oxime groups is 1. The van der Waals surface area contributed by atoms with E-state index in [2.05, 4.69) is 10.1 Å². The Morgan fingerprint density at radius 1 is 1.37 bits per heavy atom. The highest BCUT2D eigenvalue weighted by Gasteiger charge is 2.07. The van der Waals surface area contributed by atoms with Crippen LogP contribution >= 0.6 is 0 Å². The molecule has 0 aliphatic rings. The van der Waals surface area contributed by atoms with Gasteiger partial charge in [-0.05, 0) is 18.6 Å². The molecule has 3 N–H and O–H groups in total. The van der Waals surface area contributed by atoms with Gasteiger partial charge in [0.15, 0.2) is 5.82 Å². The molecule has 0 aliphatic heterocycles. The van der Waals surface area contributed by atoms with Crippen LogP contribution in [-0.4, -0.2) is 27.2 Å². The van der Waals surface area contributed by atoms with Crippen LogP contribution in [-0.2, 0) is 6.54 Å². The molecule has 2 rings (SSSR count). The van der Waals surface area contributed by atoms with Gasteiger partial charge >= 0.3 is 0 Å². The number of nitrogens with zero attached hydrogens (tertiary/aromatic N) is 3. The van der Waals surface area contributed by atoms with Gasteiger partial charge in [0.1, 0.15) is 5.75 Å². The van der Waals surface area contributed by atoms with E-state index in [0.29, 0.717) is 19.0 Å². The number of hydrogen-bond acceptors (Lipinski definition) is 4. The van der Waals surface area contributed by atoms with Crippen LogP contribution in [0.3, 0.4) is 0 Å². The van der Waals surface area contributed by atoms with Crippen molar-refractivity contribution >= 4 is 5.84 Å². The largest absolute Gasteiger partial charge is 0.494 e. The molecule has 2 aromatic rings. The van der Waals surface area contributed by atoms with Gasteiger partial charge in [-0.25, -0.2) is 4.98 Å². The Kier molecular flexibility index (Phi) is 4.39. The van der Waals surface area contributed by atoms with E-state index in [1.807, 2.05) is 34.9 Å². The number of ether oxygens (including phenoxy) is 1. The summed E-state index contributed by atoms with van der Waals surface area (Å²) in [5, 5.41) is 11.6. The number of para-hydroxylation sites is 1. The van der Waals surface area contributed by atoms with Crippen molar-refractivity contribution in [3.8, 4) is 5.75 Å². The van der Waals surface area contributed by atoms with Gasteiger partial charge in [0.25, 0.3) is 0 Å². The maximum Gasteiger partial charge on any atom is 0.206 e. The van der Waals surface area contributed by atoms with Gasteiger partial charge in [-0.3, -0.25) is 0 Å². The number of aryl methyl sites for hydroxylation is 1. The number of benzene rings is 1. The third-order valence-electron chi connectivity index (χ3n) is 2.61. The van der Waals surface area contributed by atoms with Crippen LogP contribution in [0.1, 0.15) is 12.2 Å². The maximum atomic E-state index is 8.64. The highest BCUT2D eigenvalue weighted by atomic mass is 16.5. The molecule has 1 aromatic carbocycles. The minimum atomic E-state index is 0.00831. The van der Waals surface area contributed by atoms with Crippen molar-refractivity contribution in [1.29, 1.82) is 0 Å². The summed E-state index contributed by atoms with van der Waals surface area (Å²) in [6.07, 6.45) is 4.21. The third-order valence-corrected chi connectivity index (χ3v) is 2.61. The zero-order chi connectivity index (χ0) is 13.5. The molecule has 1 aromatic heterocycles. The van der Waals surface area contributed by atoms with Crippen molar-refractivity contribution < 1.29 is 9.94 Å². The molecule has 100 valence electrons. The fraction of sp³-hybridized carbons (Fsp3) is 0.231. The normalized spacial score (nSPS) is 11.5. The topological polar surface area (TPSA) is 85.7 Å². The molecule has 0 aliphatic carbocycles. The van der Waals surface area contributed by atoms with Gasteiger partial charge in [-0.15, -0.1) is 0 Å². The number of hydrogen-bond donors (Lipinski definition) is 2. The molecule has 6 heteroatoms. The molecule has 0 saturated heterocycles. The molecule has 0 amide bonds. The quantitative estimate of drug-likeness (QED) is 0.270. The average molecular weight is 260 g/mol. The predicted octanol–water partition coefficient (Wildman–Crippen LogP) is 1.45. The fourth-order valence-corrected chi connectivity index (χ4v) is 1.71. The fourth-order valence-electron chi connectivity index (χ4n) is 1.71. The Morgan fingerprint density at radius 3 is 2.89 bits per heavy atom. The van der Waals surface area contributed by atoms with Crippen molar-refractivity contribution in [3.05, 3.63) is 48.5 Å². The van der Waals surface area contributed by atoms with Gasteiger partial charge in [0.2, 0.25) is 5.84 Å². The highest BCUT2D eigenvalue weighted by Crippen LogP contribution is 2.08. The Bertz CT molecular complexity index is 537. The standard InChI is InChI=1S/C13H16N4O2/c14-12(16-18)13-15-7-9-17(13)8-4-10-19-11-5-2-1-3-6-11/h1-3,5-7,9,18H,4,8,10H2,(H2,14,16). The first-order valence-corrected chi connectivity index (χ1v) is 5.98. The summed E-state index contributed by atoms with van der Waals surface area (Å²) in [5.74, 6) is 1.32. The summed E-state index contributed by atoms with van der Waals surface area (Å²) in [6.45, 7) is 1.29. The van der Waals surface area contributed by atoms with Crippen LogP contribution < -0.4 is 10.5 Å². The lowest BCUT2D eigenvalue weighted by atomic mass is 10.3. The first kappa shape index (κ1) is 12.9. The van der Waals surface area contributed by atoms with Crippen molar-refractivity contribution in [2.75, 3.05) is 6.61 Å². The number of rotatable bonds is 6. The van der Waals surface area contributed by atoms with E-state index >= 15 is 0 Å². The number of nitrogens with two attached hydrogens (primary N) is 1. The van der Waals surface area contributed by atoms with Crippen LogP contribution in [0.2, 0.25) is 0 Å². The second-order valence-corrected chi connectivity index (χ2v) is 3.94. The molecular weight excluding hydrogens is 244 g/mol. The van der Waals surface area contributed by atoms with Gasteiger partial charge in [0, 0.05) is 18.9 Å². The molecule has 0 atom stereocenters. The minimum Gasteiger partial charge on any atom is -0.494 e. The zero-order valence-corrected chi connectivity index (χ0v) is 10.4. The van der Waals surface area contributed by atoms with Gasteiger partial charge in [0.05, 0.1) is 6.61 Å². The maximum absolute atomic E-state index is 8.64. The summed E-state index contributed by atoms with van der Waals surface area (Å²) in [6, 6.07) is 9.64. The molecule has 1 heterocycles. The van der Waals surface area contributed by atoms with E-state index in [-0.39, 0.29) is 5.84 Å². The molecule has 19 heavy (non-hydrogen) atoms. The first-order valence-electron chi connectivity index (χ1n) is 5.98. The number of imidazole rings is 1. The summed E-state index contributed by atoms with van der Waals surface area (Å²) >= 11 is 0. The lowest BCUT2D eigenvalue weighted by molar-refractivity contribution is 0.301. The summed E-state index contributed by atoms with van der Waals surface area (Å²) in [4.78, 5) is 4.03. The Hall–Kier alpha value is -2.50. The first-order chi connectivity index (χ1) is 9.31. The second-order valence-electron chi connectivity index (χ2n) is 3.94. The molecule has 0 unspecified atom stereocenters. The van der Waals surface area contributed by atoms with Crippen LogP contribution in [0.4, 0.5) is 0 Å². The van der Waals surface area contributed by atoms with Crippen LogP contribution in [0.5, 0.6) is 5.75 Å². The minimum absolute atomic E-state index is 0.00831. The average Bonchev–Trinajstić information content (AvgIpc) is 2.92. The SMILES string of the molecule is NC(=NO)c1nccn1CCCOc1ccccc1. The monoisotopic (exact) mass is 260 g/mol. The van der Waals surface area contributed by atoms with Crippen LogP contribution in [0.25, 0.3) is 0 Å². The summed E-state index contributed by atoms with van der Waals surface area (Å²) in [5.41, 5.74) is 5.52. The van der Waals surface area contributed by atoms with Crippen LogP contribution in [0.15, 0.2) is 47.9 Å². The van der Waals surface area contributed by atoms with Gasteiger partial charge in [-0.1, -0.05) is 23.4 Å². The predicted molar refractivity (Wildman–Crippen MR) is 71.3 cm³/mol. The molecule has 0 fully saturated rings. The number of aromatic nitrogens is 2. The highest BCUT2D eigenvalue weighted by molar-refractivity contribution is 5.93. The van der Waals surface area contributed by atoms with Crippen molar-refractivity contribution in [1.82, 2.24) is 9.55 Å². The smallest absolute Gasteiger partial charge is 0.206 e. The van der Waals surface area contributed by atoms with E-state index in [1.54, 1.807) is 12.4 Å². The molecular formula is C13H16N4O2. The van der Waals surface area contributed by atoms with Crippen LogP contribution in [0, 0.1) is 0 Å². The number of amidine groups is 1. The second kappa shape index (κ2) is 6.44. The Morgan fingerprint density at radius 2 is 2.16 bits per heavy atom. The molecule has 0 radical (unpaired) electrons. The van der Waals surface area contributed by atoms with E-state index in [1.165, 1.54) is 0 Å².